The highest BCUT2D eigenvalue weighted by Crippen LogP contribution is 2.27. The number of phenolic OH excluding ortho intramolecular Hbond substituents is 1. The minimum atomic E-state index is -0.585. The van der Waals surface area contributed by atoms with E-state index in [4.69, 9.17) is 4.74 Å². The van der Waals surface area contributed by atoms with Crippen molar-refractivity contribution in [2.75, 3.05) is 6.61 Å². The number of nitro groups is 1. The fourth-order valence-electron chi connectivity index (χ4n) is 2.03. The van der Waals surface area contributed by atoms with Gasteiger partial charge in [0.2, 0.25) is 0 Å². The molecule has 8 nitrogen and oxygen atoms in total. The molecule has 2 aromatic carbocycles. The molecule has 0 bridgehead atoms. The Morgan fingerprint density at radius 2 is 2.12 bits per heavy atom. The van der Waals surface area contributed by atoms with Gasteiger partial charge in [-0.05, 0) is 37.1 Å². The lowest BCUT2D eigenvalue weighted by Crippen LogP contribution is -2.24. The van der Waals surface area contributed by atoms with E-state index in [0.29, 0.717) is 16.7 Å². The van der Waals surface area contributed by atoms with Gasteiger partial charge in [-0.2, -0.15) is 5.10 Å². The lowest BCUT2D eigenvalue weighted by atomic mass is 10.1. The monoisotopic (exact) mass is 343 g/mol. The van der Waals surface area contributed by atoms with Gasteiger partial charge in [0.05, 0.1) is 11.1 Å². The van der Waals surface area contributed by atoms with Gasteiger partial charge < -0.3 is 9.84 Å². The van der Waals surface area contributed by atoms with E-state index >= 15 is 0 Å². The molecule has 130 valence electrons. The Morgan fingerprint density at radius 1 is 1.36 bits per heavy atom. The smallest absolute Gasteiger partial charge is 0.311 e. The number of nitro benzene ring substituents is 1. The van der Waals surface area contributed by atoms with Crippen LogP contribution in [0.3, 0.4) is 0 Å². The van der Waals surface area contributed by atoms with Crippen LogP contribution in [0.5, 0.6) is 11.5 Å². The number of hydrazone groups is 1. The quantitative estimate of drug-likeness (QED) is 0.475. The first-order valence-corrected chi connectivity index (χ1v) is 7.37. The van der Waals surface area contributed by atoms with Crippen molar-refractivity contribution in [2.24, 2.45) is 5.10 Å². The van der Waals surface area contributed by atoms with E-state index in [2.05, 4.69) is 10.5 Å². The molecule has 0 aromatic heterocycles. The van der Waals surface area contributed by atoms with Gasteiger partial charge in [0.15, 0.2) is 12.4 Å². The predicted octanol–water partition coefficient (Wildman–Crippen LogP) is 2.45. The number of nitrogens with zero attached hydrogens (tertiary/aromatic N) is 2. The summed E-state index contributed by atoms with van der Waals surface area (Å²) in [6, 6.07) is 9.59. The fourth-order valence-corrected chi connectivity index (χ4v) is 2.03. The second kappa shape index (κ2) is 7.91. The summed E-state index contributed by atoms with van der Waals surface area (Å²) in [6.45, 7) is 3.04. The van der Waals surface area contributed by atoms with Crippen molar-refractivity contribution in [3.63, 3.8) is 0 Å². The number of aromatic hydroxyl groups is 1. The zero-order chi connectivity index (χ0) is 18.4. The Labute approximate surface area is 143 Å². The molecule has 2 aromatic rings. The minimum absolute atomic E-state index is 0.00561. The van der Waals surface area contributed by atoms with Crippen molar-refractivity contribution in [2.45, 2.75) is 13.8 Å². The van der Waals surface area contributed by atoms with Gasteiger partial charge in [-0.25, -0.2) is 5.43 Å². The van der Waals surface area contributed by atoms with E-state index in [1.165, 1.54) is 18.3 Å². The highest BCUT2D eigenvalue weighted by Gasteiger charge is 2.16. The Morgan fingerprint density at radius 3 is 2.84 bits per heavy atom. The van der Waals surface area contributed by atoms with E-state index in [9.17, 15) is 20.0 Å². The standard InChI is InChI=1S/C17H17N3O5/c1-11-6-7-15(14(8-11)20(23)24)25-10-16(21)19-18-9-13-5-3-4-12(2)17(13)22/h3-9,22H,10H2,1-2H3,(H,19,21)/b18-9+. The molecule has 0 radical (unpaired) electrons. The number of phenols is 1. The third kappa shape index (κ3) is 4.77. The van der Waals surface area contributed by atoms with Gasteiger partial charge in [-0.15, -0.1) is 0 Å². The zero-order valence-corrected chi connectivity index (χ0v) is 13.7. The summed E-state index contributed by atoms with van der Waals surface area (Å²) in [5, 5.41) is 24.5. The first kappa shape index (κ1) is 17.9. The van der Waals surface area contributed by atoms with Crippen LogP contribution in [0.4, 0.5) is 5.69 Å². The van der Waals surface area contributed by atoms with Gasteiger partial charge in [0.25, 0.3) is 5.91 Å². The molecule has 0 aliphatic heterocycles. The second-order valence-electron chi connectivity index (χ2n) is 5.32. The number of carbonyl (C=O) groups is 1. The van der Waals surface area contributed by atoms with Crippen molar-refractivity contribution in [3.8, 4) is 11.5 Å². The molecule has 0 unspecified atom stereocenters. The van der Waals surface area contributed by atoms with Crippen LogP contribution in [-0.2, 0) is 4.79 Å². The maximum Gasteiger partial charge on any atom is 0.311 e. The molecule has 25 heavy (non-hydrogen) atoms. The first-order valence-electron chi connectivity index (χ1n) is 7.37. The highest BCUT2D eigenvalue weighted by molar-refractivity contribution is 5.85. The number of para-hydroxylation sites is 1. The number of hydrogen-bond acceptors (Lipinski definition) is 6. The maximum atomic E-state index is 11.7. The Hall–Kier alpha value is -3.42. The topological polar surface area (TPSA) is 114 Å². The molecule has 0 spiro atoms. The molecule has 8 heteroatoms. The Kier molecular flexibility index (Phi) is 5.67. The summed E-state index contributed by atoms with van der Waals surface area (Å²) in [6.07, 6.45) is 1.30. The summed E-state index contributed by atoms with van der Waals surface area (Å²) in [7, 11) is 0. The number of aryl methyl sites for hydroxylation is 2. The SMILES string of the molecule is Cc1ccc(OCC(=O)N/N=C/c2cccc(C)c2O)c([N+](=O)[O-])c1. The van der Waals surface area contributed by atoms with Crippen LogP contribution in [0.25, 0.3) is 0 Å². The number of hydrogen-bond donors (Lipinski definition) is 2. The van der Waals surface area contributed by atoms with Crippen molar-refractivity contribution in [3.05, 3.63) is 63.2 Å². The first-order chi connectivity index (χ1) is 11.9. The molecule has 0 heterocycles. The second-order valence-corrected chi connectivity index (χ2v) is 5.32. The Bertz CT molecular complexity index is 833. The zero-order valence-electron chi connectivity index (χ0n) is 13.7. The maximum absolute atomic E-state index is 11.7. The molecule has 0 fully saturated rings. The van der Waals surface area contributed by atoms with Crippen molar-refractivity contribution in [1.29, 1.82) is 0 Å². The van der Waals surface area contributed by atoms with Gasteiger partial charge in [-0.1, -0.05) is 18.2 Å². The van der Waals surface area contributed by atoms with Gasteiger partial charge >= 0.3 is 5.69 Å². The summed E-state index contributed by atoms with van der Waals surface area (Å²) in [4.78, 5) is 22.1. The number of nitrogens with one attached hydrogen (secondary N) is 1. The molecule has 0 atom stereocenters. The van der Waals surface area contributed by atoms with Gasteiger partial charge in [0.1, 0.15) is 5.75 Å². The van der Waals surface area contributed by atoms with Crippen molar-refractivity contribution >= 4 is 17.8 Å². The molecular formula is C17H17N3O5. The number of carbonyl (C=O) groups excluding carboxylic acids is 1. The van der Waals surface area contributed by atoms with Crippen molar-refractivity contribution < 1.29 is 19.6 Å². The van der Waals surface area contributed by atoms with E-state index in [1.54, 1.807) is 38.1 Å². The summed E-state index contributed by atoms with van der Waals surface area (Å²) >= 11 is 0. The third-order valence-corrected chi connectivity index (χ3v) is 3.33. The van der Waals surface area contributed by atoms with Crippen molar-refractivity contribution in [1.82, 2.24) is 5.43 Å². The number of rotatable bonds is 6. The summed E-state index contributed by atoms with van der Waals surface area (Å²) < 4.78 is 5.18. The van der Waals surface area contributed by atoms with Crippen LogP contribution in [0.15, 0.2) is 41.5 Å². The van der Waals surface area contributed by atoms with E-state index in [1.807, 2.05) is 0 Å². The van der Waals surface area contributed by atoms with Crippen LogP contribution in [0.2, 0.25) is 0 Å². The average Bonchev–Trinajstić information content (AvgIpc) is 2.57. The average molecular weight is 343 g/mol. The van der Waals surface area contributed by atoms with E-state index in [0.717, 1.165) is 0 Å². The van der Waals surface area contributed by atoms with Crippen LogP contribution in [-0.4, -0.2) is 28.8 Å². The van der Waals surface area contributed by atoms with Crippen LogP contribution in [0.1, 0.15) is 16.7 Å². The molecule has 2 N–H and O–H groups in total. The summed E-state index contributed by atoms with van der Waals surface area (Å²) in [5.41, 5.74) is 3.88. The highest BCUT2D eigenvalue weighted by atomic mass is 16.6. The Balaban J connectivity index is 1.94. The lowest BCUT2D eigenvalue weighted by molar-refractivity contribution is -0.385. The molecule has 1 amide bonds. The van der Waals surface area contributed by atoms with Gasteiger partial charge in [0, 0.05) is 11.6 Å². The lowest BCUT2D eigenvalue weighted by Gasteiger charge is -2.06. The van der Waals surface area contributed by atoms with Crippen LogP contribution < -0.4 is 10.2 Å². The summed E-state index contributed by atoms with van der Waals surface area (Å²) in [5.74, 6) is -0.503. The molecule has 0 aliphatic rings. The largest absolute Gasteiger partial charge is 0.507 e. The van der Waals surface area contributed by atoms with Crippen LogP contribution >= 0.6 is 0 Å². The minimum Gasteiger partial charge on any atom is -0.507 e. The van der Waals surface area contributed by atoms with E-state index in [-0.39, 0.29) is 17.2 Å². The van der Waals surface area contributed by atoms with Gasteiger partial charge in [-0.3, -0.25) is 14.9 Å². The molecule has 0 aliphatic carbocycles. The van der Waals surface area contributed by atoms with Crippen LogP contribution in [0, 0.1) is 24.0 Å². The fraction of sp³-hybridized carbons (Fsp3) is 0.176. The number of amides is 1. The number of ether oxygens (including phenoxy) is 1. The molecule has 2 rings (SSSR count). The third-order valence-electron chi connectivity index (χ3n) is 3.33. The molecule has 0 saturated carbocycles. The normalized spacial score (nSPS) is 10.6. The molecule has 0 saturated heterocycles. The molecular weight excluding hydrogens is 326 g/mol. The number of benzene rings is 2. The van der Waals surface area contributed by atoms with E-state index < -0.39 is 17.4 Å². The predicted molar refractivity (Wildman–Crippen MR) is 91.9 cm³/mol.